The normalized spacial score (nSPS) is 17.4. The van der Waals surface area contributed by atoms with E-state index in [0.717, 1.165) is 18.9 Å². The summed E-state index contributed by atoms with van der Waals surface area (Å²) >= 11 is -1.35. The van der Waals surface area contributed by atoms with Gasteiger partial charge < -0.3 is 4.55 Å². The Morgan fingerprint density at radius 3 is 2.17 bits per heavy atom. The molecule has 0 amide bonds. The standard InChI is InChI=1S/C21H28F3N3OS/c1-20(2,3)27-19(13-9-16(23)17(24)10-15(13)22)14(11-25-27)18(12-7-8-12)26-29(28)21(4,5)6/h9-12,18,26H,7-8H2,1-6H3/t18-,29-/m1/s1. The molecule has 2 atom stereocenters. The Hall–Kier alpha value is -1.51. The Labute approximate surface area is 173 Å². The van der Waals surface area contributed by atoms with E-state index in [2.05, 4.69) is 9.82 Å². The van der Waals surface area contributed by atoms with Gasteiger partial charge in [-0.1, -0.05) is 0 Å². The third kappa shape index (κ3) is 4.64. The van der Waals surface area contributed by atoms with Gasteiger partial charge in [0.25, 0.3) is 0 Å². The molecule has 160 valence electrons. The Balaban J connectivity index is 2.17. The highest BCUT2D eigenvalue weighted by atomic mass is 32.2. The number of rotatable bonds is 5. The van der Waals surface area contributed by atoms with Crippen molar-refractivity contribution in [2.45, 2.75) is 70.7 Å². The average Bonchev–Trinajstić information content (AvgIpc) is 3.32. The van der Waals surface area contributed by atoms with Crippen LogP contribution in [0, 0.1) is 23.4 Å². The molecule has 8 heteroatoms. The highest BCUT2D eigenvalue weighted by Crippen LogP contribution is 2.46. The summed E-state index contributed by atoms with van der Waals surface area (Å²) in [6.45, 7) is 11.3. The van der Waals surface area contributed by atoms with Gasteiger partial charge >= 0.3 is 0 Å². The molecule has 3 rings (SSSR count). The molecule has 1 saturated carbocycles. The number of nitrogens with zero attached hydrogens (tertiary/aromatic N) is 2. The third-order valence-corrected chi connectivity index (χ3v) is 6.50. The molecular weight excluding hydrogens is 399 g/mol. The van der Waals surface area contributed by atoms with Crippen LogP contribution in [0.3, 0.4) is 0 Å². The minimum Gasteiger partial charge on any atom is -0.598 e. The van der Waals surface area contributed by atoms with Crippen molar-refractivity contribution in [1.82, 2.24) is 14.5 Å². The predicted octanol–water partition coefficient (Wildman–Crippen LogP) is 5.23. The van der Waals surface area contributed by atoms with Crippen LogP contribution in [0.5, 0.6) is 0 Å². The van der Waals surface area contributed by atoms with Crippen LogP contribution < -0.4 is 4.72 Å². The zero-order valence-corrected chi connectivity index (χ0v) is 18.5. The molecule has 0 bridgehead atoms. The predicted molar refractivity (Wildman–Crippen MR) is 109 cm³/mol. The summed E-state index contributed by atoms with van der Waals surface area (Å²) in [5.74, 6) is -2.99. The quantitative estimate of drug-likeness (QED) is 0.525. The van der Waals surface area contributed by atoms with Crippen molar-refractivity contribution in [1.29, 1.82) is 0 Å². The summed E-state index contributed by atoms with van der Waals surface area (Å²) in [7, 11) is 0. The van der Waals surface area contributed by atoms with Crippen LogP contribution in [0.4, 0.5) is 13.2 Å². The maximum absolute atomic E-state index is 14.7. The highest BCUT2D eigenvalue weighted by Gasteiger charge is 2.41. The number of aromatic nitrogens is 2. The average molecular weight is 428 g/mol. The summed E-state index contributed by atoms with van der Waals surface area (Å²) in [6.07, 6.45) is 3.51. The zero-order valence-electron chi connectivity index (χ0n) is 17.6. The summed E-state index contributed by atoms with van der Waals surface area (Å²) in [4.78, 5) is 0. The fourth-order valence-corrected chi connectivity index (χ4v) is 4.11. The molecule has 1 aromatic heterocycles. The Morgan fingerprint density at radius 2 is 1.66 bits per heavy atom. The Bertz CT molecular complexity index is 898. The molecule has 0 radical (unpaired) electrons. The molecule has 0 saturated heterocycles. The van der Waals surface area contributed by atoms with Crippen LogP contribution in [-0.2, 0) is 16.9 Å². The Kier molecular flexibility index (Phi) is 5.84. The maximum Gasteiger partial charge on any atom is 0.161 e. The molecular formula is C21H28F3N3OS. The van der Waals surface area contributed by atoms with Gasteiger partial charge in [0.1, 0.15) is 10.6 Å². The van der Waals surface area contributed by atoms with Gasteiger partial charge in [0.05, 0.1) is 23.5 Å². The van der Waals surface area contributed by atoms with Crippen molar-refractivity contribution in [2.75, 3.05) is 0 Å². The number of hydrogen-bond donors (Lipinski definition) is 1. The van der Waals surface area contributed by atoms with Crippen molar-refractivity contribution in [3.05, 3.63) is 41.3 Å². The maximum atomic E-state index is 14.7. The van der Waals surface area contributed by atoms with Crippen molar-refractivity contribution in [3.8, 4) is 11.3 Å². The van der Waals surface area contributed by atoms with Crippen LogP contribution in [0.1, 0.15) is 66.0 Å². The molecule has 1 aliphatic carbocycles. The molecule has 1 aliphatic rings. The van der Waals surface area contributed by atoms with Gasteiger partial charge in [-0.25, -0.2) is 13.2 Å². The van der Waals surface area contributed by atoms with Crippen molar-refractivity contribution in [2.24, 2.45) is 5.92 Å². The molecule has 0 spiro atoms. The van der Waals surface area contributed by atoms with E-state index in [9.17, 15) is 17.7 Å². The lowest BCUT2D eigenvalue weighted by atomic mass is 9.97. The first-order valence-electron chi connectivity index (χ1n) is 9.72. The van der Waals surface area contributed by atoms with Crippen LogP contribution in [0.2, 0.25) is 0 Å². The van der Waals surface area contributed by atoms with E-state index >= 15 is 0 Å². The third-order valence-electron chi connectivity index (χ3n) is 4.92. The minimum atomic E-state index is -1.35. The number of hydrogen-bond acceptors (Lipinski definition) is 3. The zero-order chi connectivity index (χ0) is 21.7. The van der Waals surface area contributed by atoms with Gasteiger partial charge in [-0.15, -0.1) is 4.72 Å². The van der Waals surface area contributed by atoms with Gasteiger partial charge in [0.15, 0.2) is 11.6 Å². The van der Waals surface area contributed by atoms with E-state index in [0.29, 0.717) is 17.3 Å². The van der Waals surface area contributed by atoms with E-state index in [1.54, 1.807) is 10.9 Å². The van der Waals surface area contributed by atoms with Crippen LogP contribution in [0.15, 0.2) is 18.3 Å². The summed E-state index contributed by atoms with van der Waals surface area (Å²) < 4.78 is 59.4. The molecule has 29 heavy (non-hydrogen) atoms. The lowest BCUT2D eigenvalue weighted by molar-refractivity contribution is 0.358. The molecule has 2 aromatic rings. The molecule has 1 heterocycles. The molecule has 1 aromatic carbocycles. The summed E-state index contributed by atoms with van der Waals surface area (Å²) in [5, 5.41) is 4.45. The van der Waals surface area contributed by atoms with Crippen LogP contribution in [-0.4, -0.2) is 19.1 Å². The monoisotopic (exact) mass is 427 g/mol. The van der Waals surface area contributed by atoms with E-state index in [-0.39, 0.29) is 17.5 Å². The lowest BCUT2D eigenvalue weighted by Crippen LogP contribution is -2.42. The fourth-order valence-electron chi connectivity index (χ4n) is 3.21. The largest absolute Gasteiger partial charge is 0.598 e. The Morgan fingerprint density at radius 1 is 1.07 bits per heavy atom. The number of benzene rings is 1. The van der Waals surface area contributed by atoms with Crippen LogP contribution >= 0.6 is 0 Å². The fraction of sp³-hybridized carbons (Fsp3) is 0.571. The number of nitrogens with one attached hydrogen (secondary N) is 1. The topological polar surface area (TPSA) is 52.9 Å². The molecule has 1 fully saturated rings. The van der Waals surface area contributed by atoms with Crippen LogP contribution in [0.25, 0.3) is 11.3 Å². The smallest absolute Gasteiger partial charge is 0.161 e. The van der Waals surface area contributed by atoms with Gasteiger partial charge in [-0.3, -0.25) is 4.68 Å². The first-order valence-corrected chi connectivity index (χ1v) is 10.9. The van der Waals surface area contributed by atoms with Gasteiger partial charge in [-0.05, 0) is 66.4 Å². The second kappa shape index (κ2) is 7.63. The molecule has 0 unspecified atom stereocenters. The first-order chi connectivity index (χ1) is 13.3. The molecule has 1 N–H and O–H groups in total. The van der Waals surface area contributed by atoms with E-state index in [1.165, 1.54) is 0 Å². The second-order valence-electron chi connectivity index (χ2n) is 9.59. The van der Waals surface area contributed by atoms with Gasteiger partial charge in [0.2, 0.25) is 0 Å². The van der Waals surface area contributed by atoms with E-state index in [4.69, 9.17) is 0 Å². The second-order valence-corrected chi connectivity index (χ2v) is 11.6. The molecule has 0 aliphatic heterocycles. The van der Waals surface area contributed by atoms with E-state index < -0.39 is 39.1 Å². The summed E-state index contributed by atoms with van der Waals surface area (Å²) in [6, 6.07) is 1.10. The van der Waals surface area contributed by atoms with E-state index in [1.807, 2.05) is 41.5 Å². The van der Waals surface area contributed by atoms with Gasteiger partial charge in [-0.2, -0.15) is 5.10 Å². The first kappa shape index (κ1) is 22.2. The molecule has 4 nitrogen and oxygen atoms in total. The summed E-state index contributed by atoms with van der Waals surface area (Å²) in [5.41, 5.74) is 0.441. The SMILES string of the molecule is CC(C)(C)n1ncc([C@H](N[S@+]([O-])C(C)(C)C)C2CC2)c1-c1cc(F)c(F)cc1F. The van der Waals surface area contributed by atoms with Crippen molar-refractivity contribution < 1.29 is 17.7 Å². The minimum absolute atomic E-state index is 0.0553. The number of halogens is 3. The van der Waals surface area contributed by atoms with Crippen molar-refractivity contribution >= 4 is 11.4 Å². The van der Waals surface area contributed by atoms with Gasteiger partial charge in [0, 0.05) is 28.6 Å². The highest BCUT2D eigenvalue weighted by molar-refractivity contribution is 7.90. The van der Waals surface area contributed by atoms with Crippen molar-refractivity contribution in [3.63, 3.8) is 0 Å². The lowest BCUT2D eigenvalue weighted by Gasteiger charge is -2.29.